The maximum Gasteiger partial charge on any atom is 0.175 e. The van der Waals surface area contributed by atoms with Gasteiger partial charge in [0, 0.05) is 6.54 Å². The van der Waals surface area contributed by atoms with Crippen LogP contribution < -0.4 is 5.32 Å². The Kier molecular flexibility index (Phi) is 5.74. The molecule has 158 valence electrons. The van der Waals surface area contributed by atoms with Crippen molar-refractivity contribution in [1.82, 2.24) is 10.2 Å². The SMILES string of the molecule is CO/N=C1/N=CNC2C1CCN2[C@@H]1O[C@H]([C@H](O)c2ccc(Cl)c(F)c2)[C@@H](O)[C@H]1O. The van der Waals surface area contributed by atoms with Crippen molar-refractivity contribution in [3.8, 4) is 0 Å². The summed E-state index contributed by atoms with van der Waals surface area (Å²) < 4.78 is 19.6. The van der Waals surface area contributed by atoms with E-state index < -0.39 is 36.5 Å². The third kappa shape index (κ3) is 3.60. The molecular formula is C18H22ClFN4O5. The lowest BCUT2D eigenvalue weighted by atomic mass is 9.99. The van der Waals surface area contributed by atoms with Crippen LogP contribution >= 0.6 is 11.6 Å². The average Bonchev–Trinajstić information content (AvgIpc) is 3.26. The van der Waals surface area contributed by atoms with Crippen molar-refractivity contribution in [3.63, 3.8) is 0 Å². The molecule has 1 aromatic rings. The standard InChI is InChI=1S/C18H22ClFN4O5/c1-28-23-16-9-4-5-24(17(9)22-7-21-16)18-14(27)13(26)15(29-18)12(25)8-2-3-10(19)11(20)6-8/h2-3,6-7,9,12-15,17-18,25-27H,4-5H2,1H3,(H,21,22,23)/t9?,12-,13+,14-,15-,17?,18-/m1/s1. The Morgan fingerprint density at radius 2 is 2.21 bits per heavy atom. The van der Waals surface area contributed by atoms with Gasteiger partial charge in [0.2, 0.25) is 0 Å². The molecule has 7 atom stereocenters. The minimum absolute atomic E-state index is 0.0755. The minimum atomic E-state index is -1.36. The summed E-state index contributed by atoms with van der Waals surface area (Å²) in [4.78, 5) is 10.9. The van der Waals surface area contributed by atoms with E-state index in [0.29, 0.717) is 18.8 Å². The van der Waals surface area contributed by atoms with Gasteiger partial charge in [-0.3, -0.25) is 4.90 Å². The van der Waals surface area contributed by atoms with Crippen LogP contribution in [0.5, 0.6) is 0 Å². The Labute approximate surface area is 171 Å². The van der Waals surface area contributed by atoms with E-state index in [0.717, 1.165) is 6.07 Å². The van der Waals surface area contributed by atoms with Crippen LogP contribution in [0, 0.1) is 11.7 Å². The zero-order valence-electron chi connectivity index (χ0n) is 15.5. The molecule has 0 aliphatic carbocycles. The first-order valence-corrected chi connectivity index (χ1v) is 9.60. The second-order valence-electron chi connectivity index (χ2n) is 7.23. The first-order chi connectivity index (χ1) is 13.9. The highest BCUT2D eigenvalue weighted by atomic mass is 35.5. The number of ether oxygens (including phenoxy) is 1. The van der Waals surface area contributed by atoms with Gasteiger partial charge in [0.1, 0.15) is 43.6 Å². The van der Waals surface area contributed by atoms with E-state index in [1.807, 2.05) is 4.90 Å². The van der Waals surface area contributed by atoms with Crippen LogP contribution in [0.3, 0.4) is 0 Å². The molecule has 3 heterocycles. The summed E-state index contributed by atoms with van der Waals surface area (Å²) >= 11 is 5.69. The summed E-state index contributed by atoms with van der Waals surface area (Å²) in [5, 5.41) is 38.7. The van der Waals surface area contributed by atoms with Crippen molar-refractivity contribution < 1.29 is 29.3 Å². The van der Waals surface area contributed by atoms with Crippen molar-refractivity contribution in [1.29, 1.82) is 0 Å². The average molecular weight is 429 g/mol. The number of likely N-dealkylation sites (tertiary alicyclic amines) is 1. The Morgan fingerprint density at radius 3 is 2.93 bits per heavy atom. The number of amidine groups is 1. The molecular weight excluding hydrogens is 407 g/mol. The number of halogens is 2. The van der Waals surface area contributed by atoms with E-state index in [-0.39, 0.29) is 22.7 Å². The van der Waals surface area contributed by atoms with Gasteiger partial charge in [-0.25, -0.2) is 9.38 Å². The van der Waals surface area contributed by atoms with Crippen molar-refractivity contribution in [3.05, 3.63) is 34.6 Å². The fraction of sp³-hybridized carbons (Fsp3) is 0.556. The summed E-state index contributed by atoms with van der Waals surface area (Å²) in [6.45, 7) is 0.543. The predicted octanol–water partition coefficient (Wildman–Crippen LogP) is 0.199. The number of benzene rings is 1. The Bertz CT molecular complexity index is 827. The number of aliphatic hydroxyl groups is 3. The molecule has 9 nitrogen and oxygen atoms in total. The van der Waals surface area contributed by atoms with Gasteiger partial charge in [-0.05, 0) is 24.1 Å². The van der Waals surface area contributed by atoms with E-state index in [9.17, 15) is 19.7 Å². The van der Waals surface area contributed by atoms with Gasteiger partial charge in [0.05, 0.1) is 23.4 Å². The topological polar surface area (TPSA) is 119 Å². The molecule has 0 aromatic heterocycles. The molecule has 2 saturated heterocycles. The van der Waals surface area contributed by atoms with Gasteiger partial charge in [-0.2, -0.15) is 0 Å². The number of hydrogen-bond donors (Lipinski definition) is 4. The van der Waals surface area contributed by atoms with Gasteiger partial charge in [0.25, 0.3) is 0 Å². The Balaban J connectivity index is 1.52. The molecule has 3 aliphatic heterocycles. The number of aliphatic imine (C=N–C) groups is 1. The number of aliphatic hydroxyl groups excluding tert-OH is 3. The van der Waals surface area contributed by atoms with Crippen molar-refractivity contribution in [2.45, 2.75) is 43.2 Å². The van der Waals surface area contributed by atoms with E-state index >= 15 is 0 Å². The molecule has 2 unspecified atom stereocenters. The first-order valence-electron chi connectivity index (χ1n) is 9.22. The Hall–Kier alpha value is -1.82. The number of fused-ring (bicyclic) bond motifs is 1. The summed E-state index contributed by atoms with van der Waals surface area (Å²) in [7, 11) is 1.44. The molecule has 0 bridgehead atoms. The van der Waals surface area contributed by atoms with Gasteiger partial charge < -0.3 is 30.2 Å². The smallest absolute Gasteiger partial charge is 0.175 e. The fourth-order valence-electron chi connectivity index (χ4n) is 4.15. The monoisotopic (exact) mass is 428 g/mol. The molecule has 0 spiro atoms. The molecule has 11 heteroatoms. The van der Waals surface area contributed by atoms with Crippen LogP contribution in [0.15, 0.2) is 28.3 Å². The third-order valence-electron chi connectivity index (χ3n) is 5.59. The molecule has 3 aliphatic rings. The van der Waals surface area contributed by atoms with Crippen LogP contribution in [0.2, 0.25) is 5.02 Å². The zero-order valence-corrected chi connectivity index (χ0v) is 16.3. The van der Waals surface area contributed by atoms with Crippen molar-refractivity contribution in [2.75, 3.05) is 13.7 Å². The molecule has 0 amide bonds. The second-order valence-corrected chi connectivity index (χ2v) is 7.63. The summed E-state index contributed by atoms with van der Waals surface area (Å²) in [5.74, 6) is -0.243. The van der Waals surface area contributed by atoms with E-state index in [1.165, 1.54) is 25.6 Å². The molecule has 4 rings (SSSR count). The largest absolute Gasteiger partial charge is 0.398 e. The van der Waals surface area contributed by atoms with E-state index in [1.54, 1.807) is 0 Å². The molecule has 0 radical (unpaired) electrons. The summed E-state index contributed by atoms with van der Waals surface area (Å²) in [6.07, 6.45) is -4.07. The van der Waals surface area contributed by atoms with Crippen LogP contribution in [-0.2, 0) is 9.57 Å². The number of rotatable bonds is 4. The maximum absolute atomic E-state index is 13.8. The van der Waals surface area contributed by atoms with Gasteiger partial charge in [-0.1, -0.05) is 22.8 Å². The summed E-state index contributed by atoms with van der Waals surface area (Å²) in [6, 6.07) is 3.85. The van der Waals surface area contributed by atoms with Crippen LogP contribution in [0.1, 0.15) is 18.1 Å². The highest BCUT2D eigenvalue weighted by Gasteiger charge is 2.53. The normalized spacial score (nSPS) is 36.8. The summed E-state index contributed by atoms with van der Waals surface area (Å²) in [5.41, 5.74) is 0.195. The lowest BCUT2D eigenvalue weighted by Gasteiger charge is -2.34. The number of oxime groups is 1. The maximum atomic E-state index is 13.8. The zero-order chi connectivity index (χ0) is 20.7. The fourth-order valence-corrected chi connectivity index (χ4v) is 4.27. The minimum Gasteiger partial charge on any atom is -0.398 e. The number of hydrogen-bond acceptors (Lipinski definition) is 8. The second kappa shape index (κ2) is 8.13. The Morgan fingerprint density at radius 1 is 1.41 bits per heavy atom. The van der Waals surface area contributed by atoms with Gasteiger partial charge in [0.15, 0.2) is 5.84 Å². The van der Waals surface area contributed by atoms with Crippen LogP contribution in [-0.4, -0.2) is 76.8 Å². The molecule has 2 fully saturated rings. The quantitative estimate of drug-likeness (QED) is 0.506. The van der Waals surface area contributed by atoms with Crippen molar-refractivity contribution >= 4 is 23.8 Å². The van der Waals surface area contributed by atoms with Gasteiger partial charge >= 0.3 is 0 Å². The molecule has 1 aromatic carbocycles. The highest BCUT2D eigenvalue weighted by molar-refractivity contribution is 6.30. The lowest BCUT2D eigenvalue weighted by molar-refractivity contribution is -0.122. The van der Waals surface area contributed by atoms with Crippen molar-refractivity contribution in [2.24, 2.45) is 16.1 Å². The number of nitrogens with one attached hydrogen (secondary N) is 1. The predicted molar refractivity (Wildman–Crippen MR) is 102 cm³/mol. The molecule has 0 saturated carbocycles. The van der Waals surface area contributed by atoms with Gasteiger partial charge in [-0.15, -0.1) is 0 Å². The molecule has 4 N–H and O–H groups in total. The first kappa shape index (κ1) is 20.5. The van der Waals surface area contributed by atoms with E-state index in [4.69, 9.17) is 21.2 Å². The number of nitrogens with zero attached hydrogens (tertiary/aromatic N) is 3. The van der Waals surface area contributed by atoms with Crippen LogP contribution in [0.25, 0.3) is 0 Å². The highest BCUT2D eigenvalue weighted by Crippen LogP contribution is 2.37. The molecule has 29 heavy (non-hydrogen) atoms. The lowest BCUT2D eigenvalue weighted by Crippen LogP contribution is -2.55. The van der Waals surface area contributed by atoms with E-state index in [2.05, 4.69) is 15.5 Å². The van der Waals surface area contributed by atoms with Crippen LogP contribution in [0.4, 0.5) is 4.39 Å². The third-order valence-corrected chi connectivity index (χ3v) is 5.90.